The summed E-state index contributed by atoms with van der Waals surface area (Å²) < 4.78 is 3.53. The fourth-order valence-corrected chi connectivity index (χ4v) is 5.82. The van der Waals surface area contributed by atoms with Gasteiger partial charge in [-0.25, -0.2) is 9.48 Å². The molecule has 37 heavy (non-hydrogen) atoms. The highest BCUT2D eigenvalue weighted by Crippen LogP contribution is 2.55. The number of rotatable bonds is 8. The Morgan fingerprint density at radius 2 is 1.97 bits per heavy atom. The average molecular weight is 497 g/mol. The van der Waals surface area contributed by atoms with E-state index < -0.39 is 5.97 Å². The molecule has 1 aliphatic heterocycles. The second-order valence-electron chi connectivity index (χ2n) is 10.4. The Kier molecular flexibility index (Phi) is 6.34. The second-order valence-corrected chi connectivity index (χ2v) is 10.4. The lowest BCUT2D eigenvalue weighted by Crippen LogP contribution is -2.35. The number of nitrogens with zero attached hydrogens (tertiary/aromatic N) is 6. The molecule has 0 spiro atoms. The van der Waals surface area contributed by atoms with Gasteiger partial charge in [0, 0.05) is 38.2 Å². The summed E-state index contributed by atoms with van der Waals surface area (Å²) >= 11 is 0. The van der Waals surface area contributed by atoms with E-state index in [4.69, 9.17) is 0 Å². The molecule has 3 heterocycles. The van der Waals surface area contributed by atoms with Gasteiger partial charge in [-0.2, -0.15) is 5.10 Å². The summed E-state index contributed by atoms with van der Waals surface area (Å²) in [5.41, 5.74) is 5.53. The number of likely N-dealkylation sites (tertiary alicyclic amines) is 1. The Bertz CT molecular complexity index is 1390. The molecular weight excluding hydrogens is 464 g/mol. The molecule has 6 rings (SSSR count). The van der Waals surface area contributed by atoms with Crippen LogP contribution in [0.1, 0.15) is 69.9 Å². The van der Waals surface area contributed by atoms with Gasteiger partial charge in [-0.1, -0.05) is 47.7 Å². The van der Waals surface area contributed by atoms with Crippen molar-refractivity contribution >= 4 is 5.97 Å². The third-order valence-electron chi connectivity index (χ3n) is 7.83. The van der Waals surface area contributed by atoms with Crippen molar-refractivity contribution in [3.63, 3.8) is 0 Å². The molecule has 0 bridgehead atoms. The molecule has 2 fully saturated rings. The van der Waals surface area contributed by atoms with Crippen LogP contribution in [0.5, 0.6) is 0 Å². The molecule has 1 saturated carbocycles. The van der Waals surface area contributed by atoms with E-state index >= 15 is 0 Å². The highest BCUT2D eigenvalue weighted by atomic mass is 16.4. The van der Waals surface area contributed by atoms with E-state index in [1.165, 1.54) is 23.7 Å². The lowest BCUT2D eigenvalue weighted by atomic mass is 9.90. The van der Waals surface area contributed by atoms with Crippen LogP contribution in [0.25, 0.3) is 5.69 Å². The van der Waals surface area contributed by atoms with Crippen molar-refractivity contribution < 1.29 is 9.90 Å². The monoisotopic (exact) mass is 496 g/mol. The largest absolute Gasteiger partial charge is 0.478 e. The van der Waals surface area contributed by atoms with Crippen LogP contribution in [0.15, 0.2) is 67.0 Å². The zero-order valence-corrected chi connectivity index (χ0v) is 21.1. The number of aromatic carboxylic acids is 1. The number of hydrogen-bond donors (Lipinski definition) is 1. The van der Waals surface area contributed by atoms with Crippen LogP contribution in [0, 0.1) is 0 Å². The van der Waals surface area contributed by atoms with E-state index in [-0.39, 0.29) is 17.4 Å². The van der Waals surface area contributed by atoms with E-state index in [0.717, 1.165) is 56.0 Å². The topological polar surface area (TPSA) is 89.1 Å². The van der Waals surface area contributed by atoms with Crippen LogP contribution in [0.4, 0.5) is 0 Å². The summed E-state index contributed by atoms with van der Waals surface area (Å²) in [6.07, 6.45) is 7.66. The summed E-state index contributed by atoms with van der Waals surface area (Å²) in [7, 11) is 1.85. The molecule has 1 unspecified atom stereocenters. The maximum atomic E-state index is 12.1. The molecule has 1 N–H and O–H groups in total. The van der Waals surface area contributed by atoms with E-state index in [0.29, 0.717) is 5.92 Å². The van der Waals surface area contributed by atoms with Crippen LogP contribution < -0.4 is 0 Å². The molecule has 4 aromatic rings. The van der Waals surface area contributed by atoms with Crippen LogP contribution in [-0.4, -0.2) is 60.4 Å². The average Bonchev–Trinajstić information content (AvgIpc) is 3.37. The second kappa shape index (κ2) is 9.94. The normalized spacial score (nSPS) is 21.7. The fourth-order valence-electron chi connectivity index (χ4n) is 5.82. The number of carboxylic acids is 1. The maximum Gasteiger partial charge on any atom is 0.339 e. The zero-order chi connectivity index (χ0) is 25.4. The van der Waals surface area contributed by atoms with Gasteiger partial charge in [0.25, 0.3) is 0 Å². The summed E-state index contributed by atoms with van der Waals surface area (Å²) in [5, 5.41) is 22.8. The highest BCUT2D eigenvalue weighted by molar-refractivity contribution is 5.89. The van der Waals surface area contributed by atoms with Gasteiger partial charge in [0.2, 0.25) is 0 Å². The minimum Gasteiger partial charge on any atom is -0.478 e. The minimum atomic E-state index is -0.941. The quantitative estimate of drug-likeness (QED) is 0.389. The number of aryl methyl sites for hydroxylation is 1. The molecule has 2 aliphatic rings. The lowest BCUT2D eigenvalue weighted by Gasteiger charge is -2.33. The minimum absolute atomic E-state index is 0.0668. The van der Waals surface area contributed by atoms with E-state index in [1.54, 1.807) is 4.68 Å². The Labute approximate surface area is 216 Å². The maximum absolute atomic E-state index is 12.1. The molecule has 2 aromatic heterocycles. The first-order valence-corrected chi connectivity index (χ1v) is 13.1. The molecule has 0 radical (unpaired) electrons. The number of benzene rings is 2. The van der Waals surface area contributed by atoms with Crippen LogP contribution in [0.3, 0.4) is 0 Å². The van der Waals surface area contributed by atoms with Gasteiger partial charge in [-0.05, 0) is 61.4 Å². The van der Waals surface area contributed by atoms with Gasteiger partial charge in [0.1, 0.15) is 5.56 Å². The zero-order valence-electron chi connectivity index (χ0n) is 21.1. The number of hydrogen-bond acceptors (Lipinski definition) is 5. The molecule has 0 amide bonds. The molecule has 190 valence electrons. The van der Waals surface area contributed by atoms with Crippen molar-refractivity contribution in [2.45, 2.75) is 43.4 Å². The molecule has 1 saturated heterocycles. The first kappa shape index (κ1) is 23.6. The van der Waals surface area contributed by atoms with Gasteiger partial charge < -0.3 is 10.0 Å². The molecule has 8 nitrogen and oxygen atoms in total. The Balaban J connectivity index is 1.22. The fraction of sp³-hybridized carbons (Fsp3) is 0.379. The molecule has 8 heteroatoms. The smallest absolute Gasteiger partial charge is 0.339 e. The summed E-state index contributed by atoms with van der Waals surface area (Å²) in [6.45, 7) is 3.25. The van der Waals surface area contributed by atoms with Crippen molar-refractivity contribution in [1.82, 2.24) is 29.7 Å². The van der Waals surface area contributed by atoms with Crippen molar-refractivity contribution in [2.24, 2.45) is 7.05 Å². The predicted octanol–water partition coefficient (Wildman–Crippen LogP) is 4.39. The summed E-state index contributed by atoms with van der Waals surface area (Å²) in [4.78, 5) is 14.6. The van der Waals surface area contributed by atoms with Gasteiger partial charge in [-0.3, -0.25) is 4.68 Å². The van der Waals surface area contributed by atoms with Gasteiger partial charge in [-0.15, -0.1) is 5.10 Å². The molecule has 1 aliphatic carbocycles. The van der Waals surface area contributed by atoms with Crippen molar-refractivity contribution in [3.8, 4) is 5.69 Å². The van der Waals surface area contributed by atoms with Crippen molar-refractivity contribution in [1.29, 1.82) is 0 Å². The van der Waals surface area contributed by atoms with Crippen molar-refractivity contribution in [3.05, 3.63) is 95.1 Å². The van der Waals surface area contributed by atoms with Crippen molar-refractivity contribution in [2.75, 3.05) is 19.6 Å². The molecule has 3 atom stereocenters. The summed E-state index contributed by atoms with van der Waals surface area (Å²) in [6, 6.07) is 19.2. The van der Waals surface area contributed by atoms with Crippen LogP contribution >= 0.6 is 0 Å². The number of aromatic nitrogens is 5. The first-order valence-electron chi connectivity index (χ1n) is 13.1. The SMILES string of the molecule is Cn1cc([C@@H]2C[C@H]2c2c(C(=O)O)cnn2-c2cccc(C3CCCN(CCc4ccccc4)C3)c2)nn1. The van der Waals surface area contributed by atoms with E-state index in [9.17, 15) is 9.90 Å². The first-order chi connectivity index (χ1) is 18.1. The Morgan fingerprint density at radius 1 is 1.11 bits per heavy atom. The van der Waals surface area contributed by atoms with Gasteiger partial charge in [0.05, 0.1) is 23.3 Å². The lowest BCUT2D eigenvalue weighted by molar-refractivity contribution is 0.0695. The highest BCUT2D eigenvalue weighted by Gasteiger charge is 2.46. The van der Waals surface area contributed by atoms with Crippen LogP contribution in [0.2, 0.25) is 0 Å². The number of carbonyl (C=O) groups is 1. The molecule has 2 aromatic carbocycles. The van der Waals surface area contributed by atoms with Gasteiger partial charge in [0.15, 0.2) is 0 Å². The summed E-state index contributed by atoms with van der Waals surface area (Å²) in [5.74, 6) is -0.252. The Hall–Kier alpha value is -3.78. The predicted molar refractivity (Wildman–Crippen MR) is 140 cm³/mol. The third-order valence-corrected chi connectivity index (χ3v) is 7.83. The standard InChI is InChI=1S/C29H32N6O2/c1-33-19-27(31-32-33)24-16-25(24)28-26(29(36)37)17-30-35(28)23-11-5-9-21(15-23)22-10-6-13-34(18-22)14-12-20-7-3-2-4-8-20/h2-5,7-9,11,15,17,19,22,24-25H,6,10,12-14,16,18H2,1H3,(H,36,37)/t22?,24-,25-/m1/s1. The number of carboxylic acid groups (broad SMARTS) is 1. The van der Waals surface area contributed by atoms with E-state index in [2.05, 4.69) is 68.8 Å². The van der Waals surface area contributed by atoms with Gasteiger partial charge >= 0.3 is 5.97 Å². The number of piperidine rings is 1. The van der Waals surface area contributed by atoms with E-state index in [1.807, 2.05) is 24.0 Å². The third kappa shape index (κ3) is 4.93. The Morgan fingerprint density at radius 3 is 2.76 bits per heavy atom. The molecular formula is C29H32N6O2. The van der Waals surface area contributed by atoms with Crippen LogP contribution in [-0.2, 0) is 13.5 Å².